The van der Waals surface area contributed by atoms with E-state index in [9.17, 15) is 14.0 Å². The SMILES string of the molecule is COCC(=O)N1C[C@H]2CN(C(=O)c3ccccc3)C[C@H]2[C@@H]1c1cccc(F)c1. The van der Waals surface area contributed by atoms with Crippen LogP contribution in [0, 0.1) is 17.7 Å². The summed E-state index contributed by atoms with van der Waals surface area (Å²) in [5.41, 5.74) is 1.43. The number of likely N-dealkylation sites (tertiary alicyclic amines) is 2. The molecule has 0 bridgehead atoms. The Bertz CT molecular complexity index is 873. The molecule has 6 heteroatoms. The summed E-state index contributed by atoms with van der Waals surface area (Å²) in [6.45, 7) is 1.70. The first-order valence-electron chi connectivity index (χ1n) is 9.46. The number of benzene rings is 2. The van der Waals surface area contributed by atoms with E-state index >= 15 is 0 Å². The third-order valence-corrected chi connectivity index (χ3v) is 5.75. The Morgan fingerprint density at radius 2 is 1.86 bits per heavy atom. The highest BCUT2D eigenvalue weighted by atomic mass is 19.1. The molecule has 0 spiro atoms. The van der Waals surface area contributed by atoms with Gasteiger partial charge in [0.05, 0.1) is 6.04 Å². The molecule has 0 radical (unpaired) electrons. The van der Waals surface area contributed by atoms with E-state index < -0.39 is 0 Å². The van der Waals surface area contributed by atoms with E-state index in [2.05, 4.69) is 0 Å². The molecule has 146 valence electrons. The largest absolute Gasteiger partial charge is 0.375 e. The van der Waals surface area contributed by atoms with Gasteiger partial charge in [-0.3, -0.25) is 9.59 Å². The maximum absolute atomic E-state index is 13.9. The Labute approximate surface area is 163 Å². The molecule has 3 atom stereocenters. The minimum Gasteiger partial charge on any atom is -0.375 e. The molecular formula is C22H23FN2O3. The molecule has 2 heterocycles. The number of nitrogens with zero attached hydrogens (tertiary/aromatic N) is 2. The second-order valence-corrected chi connectivity index (χ2v) is 7.48. The molecule has 4 rings (SSSR count). The molecule has 0 aliphatic carbocycles. The van der Waals surface area contributed by atoms with Crippen molar-refractivity contribution in [2.45, 2.75) is 6.04 Å². The van der Waals surface area contributed by atoms with Crippen LogP contribution in [0.15, 0.2) is 54.6 Å². The first kappa shape index (κ1) is 18.6. The summed E-state index contributed by atoms with van der Waals surface area (Å²) in [5.74, 6) is -0.179. The maximum Gasteiger partial charge on any atom is 0.253 e. The van der Waals surface area contributed by atoms with E-state index in [-0.39, 0.29) is 42.1 Å². The Balaban J connectivity index is 1.60. The summed E-state index contributed by atoms with van der Waals surface area (Å²) in [5, 5.41) is 0. The van der Waals surface area contributed by atoms with Crippen LogP contribution in [0.2, 0.25) is 0 Å². The highest BCUT2D eigenvalue weighted by molar-refractivity contribution is 5.94. The van der Waals surface area contributed by atoms with E-state index in [1.54, 1.807) is 11.0 Å². The molecule has 0 N–H and O–H groups in total. The van der Waals surface area contributed by atoms with Crippen molar-refractivity contribution in [2.75, 3.05) is 33.4 Å². The van der Waals surface area contributed by atoms with Crippen molar-refractivity contribution >= 4 is 11.8 Å². The van der Waals surface area contributed by atoms with Crippen LogP contribution in [0.4, 0.5) is 4.39 Å². The van der Waals surface area contributed by atoms with Crippen molar-refractivity contribution in [1.29, 1.82) is 0 Å². The van der Waals surface area contributed by atoms with Gasteiger partial charge in [0.25, 0.3) is 5.91 Å². The monoisotopic (exact) mass is 382 g/mol. The van der Waals surface area contributed by atoms with Crippen molar-refractivity contribution in [3.63, 3.8) is 0 Å². The van der Waals surface area contributed by atoms with E-state index in [1.165, 1.54) is 19.2 Å². The van der Waals surface area contributed by atoms with Crippen molar-refractivity contribution in [2.24, 2.45) is 11.8 Å². The second kappa shape index (κ2) is 7.72. The molecular weight excluding hydrogens is 359 g/mol. The lowest BCUT2D eigenvalue weighted by Gasteiger charge is -2.30. The Hall–Kier alpha value is -2.73. The maximum atomic E-state index is 13.9. The minimum absolute atomic E-state index is 0.00207. The van der Waals surface area contributed by atoms with Gasteiger partial charge in [0.15, 0.2) is 0 Å². The molecule has 2 fully saturated rings. The van der Waals surface area contributed by atoms with Crippen LogP contribution in [0.1, 0.15) is 22.0 Å². The number of amides is 2. The lowest BCUT2D eigenvalue weighted by Crippen LogP contribution is -2.38. The van der Waals surface area contributed by atoms with E-state index in [1.807, 2.05) is 41.3 Å². The number of fused-ring (bicyclic) bond motifs is 1. The summed E-state index contributed by atoms with van der Waals surface area (Å²) in [6, 6.07) is 15.4. The molecule has 2 amide bonds. The molecule has 0 aromatic heterocycles. The van der Waals surface area contributed by atoms with E-state index in [4.69, 9.17) is 4.74 Å². The number of hydrogen-bond acceptors (Lipinski definition) is 3. The fourth-order valence-electron chi connectivity index (χ4n) is 4.55. The normalized spacial score (nSPS) is 23.7. The number of methoxy groups -OCH3 is 1. The first-order chi connectivity index (χ1) is 13.6. The average molecular weight is 382 g/mol. The number of carbonyl (C=O) groups excluding carboxylic acids is 2. The zero-order valence-corrected chi connectivity index (χ0v) is 15.8. The lowest BCUT2D eigenvalue weighted by atomic mass is 9.89. The predicted octanol–water partition coefficient (Wildman–Crippen LogP) is 2.74. The summed E-state index contributed by atoms with van der Waals surface area (Å²) in [6.07, 6.45) is 0. The molecule has 2 aliphatic heterocycles. The molecule has 2 aromatic carbocycles. The van der Waals surface area contributed by atoms with Gasteiger partial charge in [-0.25, -0.2) is 4.39 Å². The van der Waals surface area contributed by atoms with Gasteiger partial charge in [0, 0.05) is 44.1 Å². The highest BCUT2D eigenvalue weighted by Gasteiger charge is 2.50. The van der Waals surface area contributed by atoms with E-state index in [0.717, 1.165) is 5.56 Å². The molecule has 0 saturated carbocycles. The molecule has 0 unspecified atom stereocenters. The lowest BCUT2D eigenvalue weighted by molar-refractivity contribution is -0.136. The van der Waals surface area contributed by atoms with Gasteiger partial charge in [0.2, 0.25) is 5.91 Å². The van der Waals surface area contributed by atoms with Crippen molar-refractivity contribution in [3.05, 3.63) is 71.5 Å². The van der Waals surface area contributed by atoms with Crippen LogP contribution < -0.4 is 0 Å². The van der Waals surface area contributed by atoms with E-state index in [0.29, 0.717) is 25.2 Å². The Morgan fingerprint density at radius 1 is 1.07 bits per heavy atom. The molecule has 2 saturated heterocycles. The van der Waals surface area contributed by atoms with Crippen molar-refractivity contribution in [3.8, 4) is 0 Å². The third kappa shape index (κ3) is 3.40. The third-order valence-electron chi connectivity index (χ3n) is 5.75. The van der Waals surface area contributed by atoms with Gasteiger partial charge >= 0.3 is 0 Å². The van der Waals surface area contributed by atoms with Gasteiger partial charge in [-0.1, -0.05) is 30.3 Å². The zero-order chi connectivity index (χ0) is 19.7. The van der Waals surface area contributed by atoms with Crippen LogP contribution >= 0.6 is 0 Å². The minimum atomic E-state index is -0.324. The van der Waals surface area contributed by atoms with Crippen LogP contribution in [0.5, 0.6) is 0 Å². The van der Waals surface area contributed by atoms with Gasteiger partial charge in [0.1, 0.15) is 12.4 Å². The summed E-state index contributed by atoms with van der Waals surface area (Å²) >= 11 is 0. The highest BCUT2D eigenvalue weighted by Crippen LogP contribution is 2.45. The van der Waals surface area contributed by atoms with Gasteiger partial charge in [-0.2, -0.15) is 0 Å². The first-order valence-corrected chi connectivity index (χ1v) is 9.46. The van der Waals surface area contributed by atoms with Crippen molar-refractivity contribution in [1.82, 2.24) is 9.80 Å². The number of hydrogen-bond donors (Lipinski definition) is 0. The topological polar surface area (TPSA) is 49.9 Å². The number of carbonyl (C=O) groups is 2. The Morgan fingerprint density at radius 3 is 2.57 bits per heavy atom. The van der Waals surface area contributed by atoms with Crippen LogP contribution in [-0.4, -0.2) is 55.0 Å². The van der Waals surface area contributed by atoms with Crippen LogP contribution in [-0.2, 0) is 9.53 Å². The van der Waals surface area contributed by atoms with Crippen LogP contribution in [0.3, 0.4) is 0 Å². The summed E-state index contributed by atoms with van der Waals surface area (Å²) in [4.78, 5) is 29.1. The number of rotatable bonds is 4. The fourth-order valence-corrected chi connectivity index (χ4v) is 4.55. The zero-order valence-electron chi connectivity index (χ0n) is 15.8. The van der Waals surface area contributed by atoms with Crippen molar-refractivity contribution < 1.29 is 18.7 Å². The number of ether oxygens (including phenoxy) is 1. The standard InChI is InChI=1S/C22H23FN2O3/c1-28-14-20(26)25-12-17-11-24(22(27)15-6-3-2-4-7-15)13-19(17)21(25)16-8-5-9-18(23)10-16/h2-10,17,19,21H,11-14H2,1H3/t17-,19-,21+/m1/s1. The molecule has 2 aliphatic rings. The van der Waals surface area contributed by atoms with Crippen LogP contribution in [0.25, 0.3) is 0 Å². The Kier molecular flexibility index (Phi) is 5.13. The number of halogens is 1. The molecule has 2 aromatic rings. The molecule has 5 nitrogen and oxygen atoms in total. The summed E-state index contributed by atoms with van der Waals surface area (Å²) < 4.78 is 18.9. The van der Waals surface area contributed by atoms with Gasteiger partial charge in [-0.05, 0) is 29.8 Å². The molecule has 28 heavy (non-hydrogen) atoms. The quantitative estimate of drug-likeness (QED) is 0.817. The summed E-state index contributed by atoms with van der Waals surface area (Å²) in [7, 11) is 1.49. The van der Waals surface area contributed by atoms with Gasteiger partial charge < -0.3 is 14.5 Å². The van der Waals surface area contributed by atoms with Gasteiger partial charge in [-0.15, -0.1) is 0 Å². The smallest absolute Gasteiger partial charge is 0.253 e. The predicted molar refractivity (Wildman–Crippen MR) is 102 cm³/mol. The average Bonchev–Trinajstić information content (AvgIpc) is 3.26. The fraction of sp³-hybridized carbons (Fsp3) is 0.364. The second-order valence-electron chi connectivity index (χ2n) is 7.48.